The second-order valence-electron chi connectivity index (χ2n) is 7.12. The molecule has 2 aromatic carbocycles. The van der Waals surface area contributed by atoms with Crippen molar-refractivity contribution in [2.24, 2.45) is 0 Å². The minimum Gasteiger partial charge on any atom is -0.484 e. The number of nitrogens with zero attached hydrogens (tertiary/aromatic N) is 1. The number of ketones is 1. The fraction of sp³-hybridized carbons (Fsp3) is 0.182. The lowest BCUT2D eigenvalue weighted by molar-refractivity contribution is 0.0922. The van der Waals surface area contributed by atoms with Gasteiger partial charge in [-0.2, -0.15) is 0 Å². The van der Waals surface area contributed by atoms with Crippen LogP contribution in [0.3, 0.4) is 0 Å². The molecule has 4 aromatic rings. The van der Waals surface area contributed by atoms with Gasteiger partial charge in [-0.05, 0) is 65.1 Å². The van der Waals surface area contributed by atoms with Crippen molar-refractivity contribution in [1.29, 1.82) is 0 Å². The molecule has 28 heavy (non-hydrogen) atoms. The van der Waals surface area contributed by atoms with Crippen molar-refractivity contribution in [1.82, 2.24) is 9.97 Å². The zero-order valence-corrected chi connectivity index (χ0v) is 17.8. The second kappa shape index (κ2) is 7.04. The molecule has 0 radical (unpaired) electrons. The van der Waals surface area contributed by atoms with Crippen molar-refractivity contribution in [3.05, 3.63) is 68.5 Å². The number of carbonyl (C=O) groups is 1. The number of hydrogen-bond acceptors (Lipinski definition) is 3. The standard InChI is InChI=1S/C22H16ClIN2O2/c23-15-5-14-6-18(24)22(8-19(14)25-9-15)28-11-21(27)17-10-26-20-7-13(12-1-2-12)3-4-16(17)20/h3-10,12,26H,1-2,11H2. The Balaban J connectivity index is 1.37. The van der Waals surface area contributed by atoms with E-state index in [9.17, 15) is 4.79 Å². The number of Topliss-reactive ketones (excluding diaryl/α,β-unsaturated/α-hetero) is 1. The summed E-state index contributed by atoms with van der Waals surface area (Å²) < 4.78 is 6.75. The molecule has 0 bridgehead atoms. The number of carbonyl (C=O) groups excluding carboxylic acids is 1. The number of benzene rings is 2. The van der Waals surface area contributed by atoms with E-state index in [0.29, 0.717) is 22.3 Å². The zero-order valence-electron chi connectivity index (χ0n) is 14.8. The Hall–Kier alpha value is -2.12. The van der Waals surface area contributed by atoms with Crippen LogP contribution in [0.5, 0.6) is 5.75 Å². The van der Waals surface area contributed by atoms with E-state index in [4.69, 9.17) is 16.3 Å². The van der Waals surface area contributed by atoms with Crippen LogP contribution >= 0.6 is 34.2 Å². The first kappa shape index (κ1) is 17.9. The number of aromatic nitrogens is 2. The molecule has 2 heterocycles. The summed E-state index contributed by atoms with van der Waals surface area (Å²) in [5.41, 5.74) is 3.81. The maximum Gasteiger partial charge on any atom is 0.202 e. The van der Waals surface area contributed by atoms with E-state index in [0.717, 1.165) is 25.4 Å². The summed E-state index contributed by atoms with van der Waals surface area (Å²) in [6.45, 7) is -0.0214. The van der Waals surface area contributed by atoms with Crippen LogP contribution in [0.15, 0.2) is 48.8 Å². The highest BCUT2D eigenvalue weighted by molar-refractivity contribution is 14.1. The number of pyridine rings is 1. The van der Waals surface area contributed by atoms with Crippen molar-refractivity contribution >= 4 is 61.8 Å². The van der Waals surface area contributed by atoms with Crippen molar-refractivity contribution in [2.75, 3.05) is 6.61 Å². The smallest absolute Gasteiger partial charge is 0.202 e. The van der Waals surface area contributed by atoms with E-state index in [1.165, 1.54) is 18.4 Å². The molecule has 1 fully saturated rings. The maximum atomic E-state index is 12.8. The quantitative estimate of drug-likeness (QED) is 0.264. The lowest BCUT2D eigenvalue weighted by Gasteiger charge is -2.09. The lowest BCUT2D eigenvalue weighted by atomic mass is 10.1. The topological polar surface area (TPSA) is 55.0 Å². The highest BCUT2D eigenvalue weighted by atomic mass is 127. The fourth-order valence-electron chi connectivity index (χ4n) is 3.48. The van der Waals surface area contributed by atoms with Crippen LogP contribution in [0.2, 0.25) is 5.02 Å². The van der Waals surface area contributed by atoms with Crippen LogP contribution < -0.4 is 4.74 Å². The number of H-pyrrole nitrogens is 1. The van der Waals surface area contributed by atoms with Gasteiger partial charge in [0.15, 0.2) is 6.61 Å². The van der Waals surface area contributed by atoms with Crippen LogP contribution in [-0.4, -0.2) is 22.4 Å². The van der Waals surface area contributed by atoms with Gasteiger partial charge < -0.3 is 9.72 Å². The summed E-state index contributed by atoms with van der Waals surface area (Å²) in [6, 6.07) is 12.0. The van der Waals surface area contributed by atoms with Crippen LogP contribution in [-0.2, 0) is 0 Å². The summed E-state index contributed by atoms with van der Waals surface area (Å²) in [4.78, 5) is 20.3. The van der Waals surface area contributed by atoms with Crippen LogP contribution in [0.4, 0.5) is 0 Å². The van der Waals surface area contributed by atoms with E-state index >= 15 is 0 Å². The average Bonchev–Trinajstić information content (AvgIpc) is 3.45. The third kappa shape index (κ3) is 3.37. The third-order valence-electron chi connectivity index (χ3n) is 5.12. The Morgan fingerprint density at radius 3 is 2.93 bits per heavy atom. The molecule has 0 spiro atoms. The molecule has 2 aromatic heterocycles. The molecule has 5 rings (SSSR count). The average molecular weight is 503 g/mol. The predicted molar refractivity (Wildman–Crippen MR) is 120 cm³/mol. The molecule has 6 heteroatoms. The van der Waals surface area contributed by atoms with E-state index in [2.05, 4.69) is 44.7 Å². The first-order valence-corrected chi connectivity index (χ1v) is 10.6. The number of aromatic amines is 1. The van der Waals surface area contributed by atoms with Gasteiger partial charge in [-0.15, -0.1) is 0 Å². The van der Waals surface area contributed by atoms with Gasteiger partial charge in [0, 0.05) is 40.3 Å². The summed E-state index contributed by atoms with van der Waals surface area (Å²) >= 11 is 8.20. The molecule has 0 amide bonds. The molecule has 140 valence electrons. The first-order valence-electron chi connectivity index (χ1n) is 9.10. The maximum absolute atomic E-state index is 12.8. The normalized spacial score (nSPS) is 13.9. The Labute approximate surface area is 180 Å². The van der Waals surface area contributed by atoms with Gasteiger partial charge in [-0.1, -0.05) is 23.7 Å². The van der Waals surface area contributed by atoms with E-state index in [1.54, 1.807) is 12.4 Å². The molecule has 0 aliphatic heterocycles. The number of hydrogen-bond donors (Lipinski definition) is 1. The van der Waals surface area contributed by atoms with Gasteiger partial charge in [0.05, 0.1) is 14.1 Å². The van der Waals surface area contributed by atoms with Crippen molar-refractivity contribution in [3.8, 4) is 5.75 Å². The van der Waals surface area contributed by atoms with Crippen molar-refractivity contribution < 1.29 is 9.53 Å². The largest absolute Gasteiger partial charge is 0.484 e. The van der Waals surface area contributed by atoms with E-state index in [1.807, 2.05) is 24.3 Å². The van der Waals surface area contributed by atoms with E-state index in [-0.39, 0.29) is 12.4 Å². The van der Waals surface area contributed by atoms with Crippen LogP contribution in [0.1, 0.15) is 34.7 Å². The number of fused-ring (bicyclic) bond motifs is 2. The van der Waals surface area contributed by atoms with Gasteiger partial charge in [-0.25, -0.2) is 0 Å². The fourth-order valence-corrected chi connectivity index (χ4v) is 4.29. The number of nitrogens with one attached hydrogen (secondary N) is 1. The Morgan fingerprint density at radius 2 is 2.11 bits per heavy atom. The third-order valence-corrected chi connectivity index (χ3v) is 6.16. The highest BCUT2D eigenvalue weighted by Crippen LogP contribution is 2.41. The summed E-state index contributed by atoms with van der Waals surface area (Å²) in [6.07, 6.45) is 5.91. The Kier molecular flexibility index (Phi) is 4.51. The van der Waals surface area contributed by atoms with Crippen LogP contribution in [0, 0.1) is 3.57 Å². The summed E-state index contributed by atoms with van der Waals surface area (Å²) in [7, 11) is 0. The van der Waals surface area contributed by atoms with Gasteiger partial charge >= 0.3 is 0 Å². The molecular formula is C22H16ClIN2O2. The van der Waals surface area contributed by atoms with Gasteiger partial charge in [-0.3, -0.25) is 9.78 Å². The SMILES string of the molecule is O=C(COc1cc2ncc(Cl)cc2cc1I)c1c[nH]c2cc(C3CC3)ccc12. The number of ether oxygens (including phenoxy) is 1. The Morgan fingerprint density at radius 1 is 1.25 bits per heavy atom. The summed E-state index contributed by atoms with van der Waals surface area (Å²) in [5, 5.41) is 2.48. The lowest BCUT2D eigenvalue weighted by Crippen LogP contribution is -2.11. The molecule has 0 unspecified atom stereocenters. The molecule has 1 aliphatic carbocycles. The molecule has 0 saturated heterocycles. The molecular weight excluding hydrogens is 487 g/mol. The highest BCUT2D eigenvalue weighted by Gasteiger charge is 2.24. The molecule has 1 N–H and O–H groups in total. The minimum atomic E-state index is -0.0506. The molecule has 0 atom stereocenters. The summed E-state index contributed by atoms with van der Waals surface area (Å²) in [5.74, 6) is 1.28. The minimum absolute atomic E-state index is 0.0214. The van der Waals surface area contributed by atoms with Crippen LogP contribution in [0.25, 0.3) is 21.8 Å². The molecule has 1 aliphatic rings. The monoisotopic (exact) mass is 502 g/mol. The molecule has 4 nitrogen and oxygen atoms in total. The van der Waals surface area contributed by atoms with Crippen molar-refractivity contribution in [2.45, 2.75) is 18.8 Å². The number of halogens is 2. The first-order chi connectivity index (χ1) is 13.6. The van der Waals surface area contributed by atoms with Crippen molar-refractivity contribution in [3.63, 3.8) is 0 Å². The van der Waals surface area contributed by atoms with Gasteiger partial charge in [0.25, 0.3) is 0 Å². The van der Waals surface area contributed by atoms with Gasteiger partial charge in [0.1, 0.15) is 5.75 Å². The number of rotatable bonds is 5. The second-order valence-corrected chi connectivity index (χ2v) is 8.72. The van der Waals surface area contributed by atoms with E-state index < -0.39 is 0 Å². The van der Waals surface area contributed by atoms with Gasteiger partial charge in [0.2, 0.25) is 5.78 Å². The zero-order chi connectivity index (χ0) is 19.3. The Bertz CT molecular complexity index is 1230. The predicted octanol–water partition coefficient (Wildman–Crippen LogP) is 6.11. The molecule has 1 saturated carbocycles.